The van der Waals surface area contributed by atoms with E-state index < -0.39 is 0 Å². The summed E-state index contributed by atoms with van der Waals surface area (Å²) in [6, 6.07) is 0.593. The van der Waals surface area contributed by atoms with Crippen molar-refractivity contribution in [3.63, 3.8) is 0 Å². The van der Waals surface area contributed by atoms with Crippen LogP contribution in [0.1, 0.15) is 26.7 Å². The predicted octanol–water partition coefficient (Wildman–Crippen LogP) is 0.723. The summed E-state index contributed by atoms with van der Waals surface area (Å²) in [5.41, 5.74) is 5.36. The van der Waals surface area contributed by atoms with Crippen molar-refractivity contribution >= 4 is 0 Å². The van der Waals surface area contributed by atoms with Gasteiger partial charge in [-0.15, -0.1) is 0 Å². The largest absolute Gasteiger partial charge is 0.330 e. The fraction of sp³-hybridized carbons (Fsp3) is 1.00. The van der Waals surface area contributed by atoms with Crippen LogP contribution in [0.5, 0.6) is 0 Å². The molecule has 0 rings (SSSR count). The van der Waals surface area contributed by atoms with Crippen molar-refractivity contribution in [1.82, 2.24) is 5.32 Å². The molecule has 0 aromatic heterocycles. The zero-order valence-electron chi connectivity index (χ0n) is 6.48. The molecule has 2 nitrogen and oxygen atoms in total. The minimum Gasteiger partial charge on any atom is -0.330 e. The van der Waals surface area contributed by atoms with Gasteiger partial charge in [0.15, 0.2) is 0 Å². The summed E-state index contributed by atoms with van der Waals surface area (Å²) in [7, 11) is 0. The highest BCUT2D eigenvalue weighted by molar-refractivity contribution is 4.59. The summed E-state index contributed by atoms with van der Waals surface area (Å²) in [4.78, 5) is 0. The fourth-order valence-corrected chi connectivity index (χ4v) is 0.743. The lowest BCUT2D eigenvalue weighted by atomic mass is 10.2. The maximum atomic E-state index is 5.36. The van der Waals surface area contributed by atoms with E-state index in [0.29, 0.717) is 6.04 Å². The van der Waals surface area contributed by atoms with Crippen LogP contribution in [0.15, 0.2) is 0 Å². The summed E-state index contributed by atoms with van der Waals surface area (Å²) >= 11 is 0. The molecular weight excluding hydrogens is 112 g/mol. The maximum Gasteiger partial charge on any atom is 0.00507 e. The van der Waals surface area contributed by atoms with Gasteiger partial charge in [-0.3, -0.25) is 0 Å². The van der Waals surface area contributed by atoms with Crippen LogP contribution in [0.2, 0.25) is 0 Å². The maximum absolute atomic E-state index is 5.36. The van der Waals surface area contributed by atoms with Crippen molar-refractivity contribution in [2.45, 2.75) is 32.7 Å². The van der Waals surface area contributed by atoms with E-state index in [1.54, 1.807) is 0 Å². The van der Waals surface area contributed by atoms with E-state index in [4.69, 9.17) is 5.73 Å². The lowest BCUT2D eigenvalue weighted by Gasteiger charge is -2.10. The Balaban J connectivity index is 2.95. The Labute approximate surface area is 57.8 Å². The van der Waals surface area contributed by atoms with E-state index in [0.717, 1.165) is 19.5 Å². The average Bonchev–Trinajstić information content (AvgIpc) is 1.85. The van der Waals surface area contributed by atoms with E-state index in [2.05, 4.69) is 19.2 Å². The van der Waals surface area contributed by atoms with Crippen LogP contribution in [0.3, 0.4) is 0 Å². The summed E-state index contributed by atoms with van der Waals surface area (Å²) in [6.07, 6.45) is 2.29. The molecule has 0 heterocycles. The van der Waals surface area contributed by atoms with Crippen LogP contribution in [0.4, 0.5) is 0 Å². The standard InChI is InChI=1S/C7H18N2/c1-3-6-9-7(2)4-5-8/h7,9H,3-6,8H2,1-2H3. The molecule has 9 heavy (non-hydrogen) atoms. The van der Waals surface area contributed by atoms with Gasteiger partial charge in [0, 0.05) is 6.04 Å². The fourth-order valence-electron chi connectivity index (χ4n) is 0.743. The molecule has 56 valence electrons. The highest BCUT2D eigenvalue weighted by Gasteiger charge is 1.95. The number of hydrogen-bond acceptors (Lipinski definition) is 2. The Morgan fingerprint density at radius 2 is 2.22 bits per heavy atom. The minimum atomic E-state index is 0.593. The van der Waals surface area contributed by atoms with E-state index >= 15 is 0 Å². The summed E-state index contributed by atoms with van der Waals surface area (Å²) in [5, 5.41) is 3.35. The van der Waals surface area contributed by atoms with E-state index in [9.17, 15) is 0 Å². The quantitative estimate of drug-likeness (QED) is 0.575. The number of rotatable bonds is 5. The lowest BCUT2D eigenvalue weighted by Crippen LogP contribution is -2.28. The third-order valence-corrected chi connectivity index (χ3v) is 1.34. The average molecular weight is 130 g/mol. The predicted molar refractivity (Wildman–Crippen MR) is 41.4 cm³/mol. The molecule has 2 heteroatoms. The monoisotopic (exact) mass is 130 g/mol. The van der Waals surface area contributed by atoms with Crippen LogP contribution < -0.4 is 11.1 Å². The first kappa shape index (κ1) is 8.92. The number of hydrogen-bond donors (Lipinski definition) is 2. The second-order valence-corrected chi connectivity index (χ2v) is 2.43. The van der Waals surface area contributed by atoms with Gasteiger partial charge in [-0.05, 0) is 32.9 Å². The third kappa shape index (κ3) is 5.80. The van der Waals surface area contributed by atoms with Crippen LogP contribution in [-0.4, -0.2) is 19.1 Å². The molecule has 0 spiro atoms. The number of nitrogens with one attached hydrogen (secondary N) is 1. The molecule has 0 saturated heterocycles. The highest BCUT2D eigenvalue weighted by atomic mass is 14.9. The van der Waals surface area contributed by atoms with Gasteiger partial charge >= 0.3 is 0 Å². The smallest absolute Gasteiger partial charge is 0.00507 e. The molecule has 0 radical (unpaired) electrons. The van der Waals surface area contributed by atoms with Gasteiger partial charge in [-0.2, -0.15) is 0 Å². The molecule has 3 N–H and O–H groups in total. The first-order chi connectivity index (χ1) is 4.31. The van der Waals surface area contributed by atoms with Crippen molar-refractivity contribution in [2.75, 3.05) is 13.1 Å². The molecule has 0 saturated carbocycles. The zero-order valence-corrected chi connectivity index (χ0v) is 6.48. The Morgan fingerprint density at radius 3 is 2.67 bits per heavy atom. The molecule has 0 aliphatic heterocycles. The van der Waals surface area contributed by atoms with Crippen LogP contribution in [0.25, 0.3) is 0 Å². The molecule has 0 aromatic carbocycles. The second kappa shape index (κ2) is 6.05. The van der Waals surface area contributed by atoms with Crippen molar-refractivity contribution < 1.29 is 0 Å². The summed E-state index contributed by atoms with van der Waals surface area (Å²) < 4.78 is 0. The Bertz CT molecular complexity index is 54.9. The summed E-state index contributed by atoms with van der Waals surface area (Å²) in [5.74, 6) is 0. The molecule has 0 fully saturated rings. The van der Waals surface area contributed by atoms with Crippen molar-refractivity contribution in [1.29, 1.82) is 0 Å². The van der Waals surface area contributed by atoms with Gasteiger partial charge in [0.05, 0.1) is 0 Å². The van der Waals surface area contributed by atoms with Crippen molar-refractivity contribution in [3.8, 4) is 0 Å². The normalized spacial score (nSPS) is 13.7. The number of nitrogens with two attached hydrogens (primary N) is 1. The molecular formula is C7H18N2. The third-order valence-electron chi connectivity index (χ3n) is 1.34. The Kier molecular flexibility index (Phi) is 5.99. The highest BCUT2D eigenvalue weighted by Crippen LogP contribution is 1.86. The topological polar surface area (TPSA) is 38.0 Å². The van der Waals surface area contributed by atoms with Gasteiger partial charge in [0.1, 0.15) is 0 Å². The first-order valence-corrected chi connectivity index (χ1v) is 3.74. The molecule has 0 aliphatic carbocycles. The van der Waals surface area contributed by atoms with Crippen molar-refractivity contribution in [3.05, 3.63) is 0 Å². The van der Waals surface area contributed by atoms with Gasteiger partial charge in [0.25, 0.3) is 0 Å². The van der Waals surface area contributed by atoms with Crippen LogP contribution in [-0.2, 0) is 0 Å². The molecule has 0 bridgehead atoms. The SMILES string of the molecule is CCCNC(C)CCN. The molecule has 0 aliphatic rings. The summed E-state index contributed by atoms with van der Waals surface area (Å²) in [6.45, 7) is 6.24. The van der Waals surface area contributed by atoms with Gasteiger partial charge < -0.3 is 11.1 Å². The molecule has 0 aromatic rings. The minimum absolute atomic E-state index is 0.593. The lowest BCUT2D eigenvalue weighted by molar-refractivity contribution is 0.519. The molecule has 1 unspecified atom stereocenters. The zero-order chi connectivity index (χ0) is 7.11. The van der Waals surface area contributed by atoms with Gasteiger partial charge in [-0.25, -0.2) is 0 Å². The van der Waals surface area contributed by atoms with E-state index in [1.807, 2.05) is 0 Å². The Morgan fingerprint density at radius 1 is 1.56 bits per heavy atom. The van der Waals surface area contributed by atoms with Crippen molar-refractivity contribution in [2.24, 2.45) is 5.73 Å². The van der Waals surface area contributed by atoms with E-state index in [-0.39, 0.29) is 0 Å². The second-order valence-electron chi connectivity index (χ2n) is 2.43. The van der Waals surface area contributed by atoms with Gasteiger partial charge in [0.2, 0.25) is 0 Å². The Hall–Kier alpha value is -0.0800. The first-order valence-electron chi connectivity index (χ1n) is 3.74. The van der Waals surface area contributed by atoms with Crippen LogP contribution in [0, 0.1) is 0 Å². The van der Waals surface area contributed by atoms with E-state index in [1.165, 1.54) is 6.42 Å². The van der Waals surface area contributed by atoms with Crippen LogP contribution >= 0.6 is 0 Å². The molecule has 0 amide bonds. The van der Waals surface area contributed by atoms with Gasteiger partial charge in [-0.1, -0.05) is 6.92 Å². The molecule has 1 atom stereocenters.